The van der Waals surface area contributed by atoms with Crippen molar-refractivity contribution in [1.29, 1.82) is 0 Å². The second-order valence-corrected chi connectivity index (χ2v) is 5.25. The number of rotatable bonds is 2. The summed E-state index contributed by atoms with van der Waals surface area (Å²) in [4.78, 5) is 41.0. The van der Waals surface area contributed by atoms with Crippen LogP contribution in [0.15, 0.2) is 60.7 Å². The van der Waals surface area contributed by atoms with Crippen molar-refractivity contribution in [1.82, 2.24) is 0 Å². The molecule has 0 saturated carbocycles. The van der Waals surface area contributed by atoms with Crippen LogP contribution in [0.5, 0.6) is 0 Å². The molecule has 0 atom stereocenters. The van der Waals surface area contributed by atoms with Gasteiger partial charge in [-0.15, -0.1) is 0 Å². The average molecular weight is 371 g/mol. The van der Waals surface area contributed by atoms with E-state index >= 15 is 0 Å². The quantitative estimate of drug-likeness (QED) is 0.613. The van der Waals surface area contributed by atoms with E-state index in [1.165, 1.54) is 0 Å². The summed E-state index contributed by atoms with van der Waals surface area (Å²) >= 11 is 0. The monoisotopic (exact) mass is 370 g/mol. The van der Waals surface area contributed by atoms with Gasteiger partial charge in [0.05, 0.1) is 0 Å². The normalized spacial score (nSPS) is 9.58. The Morgan fingerprint density at radius 2 is 0.789 bits per heavy atom. The maximum Gasteiger partial charge on any atom is 4.00 e. The molecule has 0 N–H and O–H groups in total. The van der Waals surface area contributed by atoms with Crippen LogP contribution in [-0.4, -0.2) is 0 Å². The SMILES string of the molecule is [O-]P([O-])c1ccccc1.[O-]P([O-])c1ccccc1.[Zr+4]. The van der Waals surface area contributed by atoms with Crippen molar-refractivity contribution in [3.05, 3.63) is 60.7 Å². The zero-order chi connectivity index (χ0) is 13.4. The molecule has 0 aromatic heterocycles. The Labute approximate surface area is 133 Å². The molecule has 0 saturated heterocycles. The first-order chi connectivity index (χ1) is 8.61. The zero-order valence-corrected chi connectivity index (χ0v) is 14.0. The van der Waals surface area contributed by atoms with E-state index in [9.17, 15) is 19.6 Å². The summed E-state index contributed by atoms with van der Waals surface area (Å²) in [6.07, 6.45) is 0. The molecule has 0 aliphatic carbocycles. The minimum absolute atomic E-state index is 0. The standard InChI is InChI=1S/2C6H5O2P.Zr/c2*7-9(8)6-4-2-1-3-5-6;/h2*1-5H;/q2*-2;+4. The molecule has 0 amide bonds. The third-order valence-corrected chi connectivity index (χ3v) is 3.37. The van der Waals surface area contributed by atoms with Crippen LogP contribution in [0, 0.1) is 0 Å². The average Bonchev–Trinajstić information content (AvgIpc) is 2.41. The van der Waals surface area contributed by atoms with Crippen LogP contribution < -0.4 is 30.2 Å². The third-order valence-electron chi connectivity index (χ3n) is 1.93. The minimum atomic E-state index is -2.40. The Morgan fingerprint density at radius 3 is 0.947 bits per heavy atom. The van der Waals surface area contributed by atoms with Crippen molar-refractivity contribution >= 4 is 27.4 Å². The first kappa shape index (κ1) is 19.0. The predicted molar refractivity (Wildman–Crippen MR) is 66.0 cm³/mol. The van der Waals surface area contributed by atoms with Crippen LogP contribution in [0.1, 0.15) is 0 Å². The van der Waals surface area contributed by atoms with Crippen LogP contribution in [-0.2, 0) is 26.2 Å². The summed E-state index contributed by atoms with van der Waals surface area (Å²) in [6, 6.07) is 16.6. The molecule has 4 nitrogen and oxygen atoms in total. The minimum Gasteiger partial charge on any atom is -0.838 e. The molecule has 0 spiro atoms. The van der Waals surface area contributed by atoms with Crippen LogP contribution >= 0.6 is 16.8 Å². The molecule has 96 valence electrons. The van der Waals surface area contributed by atoms with Gasteiger partial charge in [-0.25, -0.2) is 0 Å². The molecule has 2 aromatic rings. The fourth-order valence-corrected chi connectivity index (χ4v) is 1.93. The van der Waals surface area contributed by atoms with Gasteiger partial charge in [0.1, 0.15) is 0 Å². The number of hydrogen-bond donors (Lipinski definition) is 0. The smallest absolute Gasteiger partial charge is 0.838 e. The van der Waals surface area contributed by atoms with Crippen LogP contribution in [0.4, 0.5) is 0 Å². The van der Waals surface area contributed by atoms with Gasteiger partial charge in [-0.2, -0.15) is 0 Å². The maximum absolute atomic E-state index is 10.2. The second-order valence-electron chi connectivity index (χ2n) is 3.19. The Kier molecular flexibility index (Phi) is 10.8. The van der Waals surface area contributed by atoms with E-state index in [0.29, 0.717) is 10.6 Å². The first-order valence-electron chi connectivity index (χ1n) is 5.00. The van der Waals surface area contributed by atoms with Gasteiger partial charge in [0, 0.05) is 0 Å². The van der Waals surface area contributed by atoms with Gasteiger partial charge in [0.25, 0.3) is 0 Å². The summed E-state index contributed by atoms with van der Waals surface area (Å²) in [6.45, 7) is 0. The van der Waals surface area contributed by atoms with E-state index in [-0.39, 0.29) is 26.2 Å². The van der Waals surface area contributed by atoms with Crippen molar-refractivity contribution in [2.45, 2.75) is 0 Å². The third kappa shape index (κ3) is 8.02. The summed E-state index contributed by atoms with van der Waals surface area (Å²) in [5, 5.41) is 0.736. The molecule has 0 heterocycles. The van der Waals surface area contributed by atoms with Gasteiger partial charge in [-0.1, -0.05) is 71.3 Å². The predicted octanol–water partition coefficient (Wildman–Crippen LogP) is -1.31. The second kappa shape index (κ2) is 10.8. The molecule has 2 aromatic carbocycles. The van der Waals surface area contributed by atoms with Crippen molar-refractivity contribution < 1.29 is 45.8 Å². The summed E-state index contributed by atoms with van der Waals surface area (Å²) in [5.41, 5.74) is 0. The Morgan fingerprint density at radius 1 is 0.526 bits per heavy atom. The molecule has 0 radical (unpaired) electrons. The van der Waals surface area contributed by atoms with E-state index < -0.39 is 16.8 Å². The van der Waals surface area contributed by atoms with Gasteiger partial charge in [-0.05, 0) is 0 Å². The molecular formula is C12H10O4P2Zr. The largest absolute Gasteiger partial charge is 4.00 e. The van der Waals surface area contributed by atoms with Crippen molar-refractivity contribution in [3.63, 3.8) is 0 Å². The van der Waals surface area contributed by atoms with Gasteiger partial charge >= 0.3 is 26.2 Å². The van der Waals surface area contributed by atoms with Gasteiger partial charge in [0.2, 0.25) is 0 Å². The topological polar surface area (TPSA) is 92.2 Å². The molecule has 0 fully saturated rings. The Balaban J connectivity index is 0.000000324. The molecule has 0 aliphatic heterocycles. The number of hydrogen-bond acceptors (Lipinski definition) is 4. The van der Waals surface area contributed by atoms with E-state index in [1.54, 1.807) is 60.7 Å². The van der Waals surface area contributed by atoms with E-state index in [2.05, 4.69) is 0 Å². The maximum atomic E-state index is 10.2. The number of benzene rings is 2. The van der Waals surface area contributed by atoms with E-state index in [1.807, 2.05) is 0 Å². The van der Waals surface area contributed by atoms with Crippen LogP contribution in [0.25, 0.3) is 0 Å². The van der Waals surface area contributed by atoms with Crippen LogP contribution in [0.2, 0.25) is 0 Å². The molecule has 2 rings (SSSR count). The Hall–Kier alpha value is 0.0231. The summed E-state index contributed by atoms with van der Waals surface area (Å²) in [7, 11) is -4.79. The van der Waals surface area contributed by atoms with Gasteiger partial charge in [0.15, 0.2) is 0 Å². The van der Waals surface area contributed by atoms with Crippen LogP contribution in [0.3, 0.4) is 0 Å². The summed E-state index contributed by atoms with van der Waals surface area (Å²) < 4.78 is 0. The molecule has 19 heavy (non-hydrogen) atoms. The molecule has 0 bridgehead atoms. The molecule has 7 heteroatoms. The Bertz CT molecular complexity index is 396. The first-order valence-corrected chi connectivity index (χ1v) is 7.35. The molecule has 0 aliphatic rings. The molecule has 0 unspecified atom stereocenters. The fourth-order valence-electron chi connectivity index (χ4n) is 1.10. The van der Waals surface area contributed by atoms with Crippen molar-refractivity contribution in [2.24, 2.45) is 0 Å². The van der Waals surface area contributed by atoms with E-state index in [0.717, 1.165) is 0 Å². The summed E-state index contributed by atoms with van der Waals surface area (Å²) in [5.74, 6) is 0. The fraction of sp³-hybridized carbons (Fsp3) is 0. The van der Waals surface area contributed by atoms with Crippen molar-refractivity contribution in [2.75, 3.05) is 0 Å². The molecular weight excluding hydrogens is 361 g/mol. The van der Waals surface area contributed by atoms with Crippen molar-refractivity contribution in [3.8, 4) is 0 Å². The zero-order valence-electron chi connectivity index (χ0n) is 9.80. The van der Waals surface area contributed by atoms with E-state index in [4.69, 9.17) is 0 Å². The van der Waals surface area contributed by atoms with Gasteiger partial charge in [-0.3, -0.25) is 16.8 Å². The van der Waals surface area contributed by atoms with Gasteiger partial charge < -0.3 is 19.6 Å².